The fourth-order valence-corrected chi connectivity index (χ4v) is 2.74. The topological polar surface area (TPSA) is 72.7 Å². The Labute approximate surface area is 128 Å². The first-order valence-electron chi connectivity index (χ1n) is 6.62. The highest BCUT2D eigenvalue weighted by molar-refractivity contribution is 7.99. The maximum absolute atomic E-state index is 12.0. The average molecular weight is 305 g/mol. The van der Waals surface area contributed by atoms with Crippen LogP contribution in [0.3, 0.4) is 0 Å². The van der Waals surface area contributed by atoms with Crippen LogP contribution >= 0.6 is 11.8 Å². The summed E-state index contributed by atoms with van der Waals surface area (Å²) in [6.45, 7) is 7.70. The van der Waals surface area contributed by atoms with Crippen molar-refractivity contribution in [1.82, 2.24) is 19.7 Å². The largest absolute Gasteiger partial charge is 0.310 e. The van der Waals surface area contributed by atoms with Gasteiger partial charge in [-0.15, -0.1) is 0 Å². The van der Waals surface area contributed by atoms with Crippen LogP contribution in [0.4, 0.5) is 5.82 Å². The van der Waals surface area contributed by atoms with Gasteiger partial charge in [-0.05, 0) is 33.8 Å². The summed E-state index contributed by atoms with van der Waals surface area (Å²) in [5.74, 6) is 0.917. The second-order valence-corrected chi connectivity index (χ2v) is 5.90. The zero-order valence-electron chi connectivity index (χ0n) is 12.9. The number of aryl methyl sites for hydroxylation is 4. The number of rotatable bonds is 4. The number of amides is 1. The number of aromatic nitrogens is 4. The molecule has 21 heavy (non-hydrogen) atoms. The van der Waals surface area contributed by atoms with Crippen LogP contribution in [0.5, 0.6) is 0 Å². The lowest BCUT2D eigenvalue weighted by atomic mass is 10.3. The lowest BCUT2D eigenvalue weighted by Gasteiger charge is -2.07. The number of anilines is 1. The average Bonchev–Trinajstić information content (AvgIpc) is 2.62. The van der Waals surface area contributed by atoms with E-state index in [-0.39, 0.29) is 11.7 Å². The first-order chi connectivity index (χ1) is 9.86. The molecule has 0 aliphatic heterocycles. The number of nitrogens with zero attached hydrogens (tertiary/aromatic N) is 4. The zero-order valence-corrected chi connectivity index (χ0v) is 13.7. The molecule has 0 aliphatic carbocycles. The summed E-state index contributed by atoms with van der Waals surface area (Å²) in [6.07, 6.45) is 0. The van der Waals surface area contributed by atoms with Gasteiger partial charge in [0.25, 0.3) is 0 Å². The van der Waals surface area contributed by atoms with Gasteiger partial charge in [-0.3, -0.25) is 9.48 Å². The van der Waals surface area contributed by atoms with E-state index in [1.54, 1.807) is 4.68 Å². The van der Waals surface area contributed by atoms with E-state index in [2.05, 4.69) is 20.4 Å². The summed E-state index contributed by atoms with van der Waals surface area (Å²) in [5, 5.41) is 7.79. The maximum Gasteiger partial charge on any atom is 0.236 e. The number of carbonyl (C=O) groups excluding carboxylic acids is 1. The van der Waals surface area contributed by atoms with Gasteiger partial charge in [0.1, 0.15) is 5.82 Å². The van der Waals surface area contributed by atoms with Gasteiger partial charge in [0.2, 0.25) is 5.91 Å². The van der Waals surface area contributed by atoms with Crippen molar-refractivity contribution >= 4 is 23.5 Å². The molecule has 0 unspecified atom stereocenters. The van der Waals surface area contributed by atoms with E-state index in [1.165, 1.54) is 11.8 Å². The van der Waals surface area contributed by atoms with Crippen LogP contribution < -0.4 is 5.32 Å². The molecule has 0 radical (unpaired) electrons. The predicted octanol–water partition coefficient (Wildman–Crippen LogP) is 2.17. The smallest absolute Gasteiger partial charge is 0.236 e. The Hall–Kier alpha value is -1.89. The number of hydrogen-bond donors (Lipinski definition) is 1. The lowest BCUT2D eigenvalue weighted by Crippen LogP contribution is -2.17. The molecule has 0 saturated heterocycles. The first-order valence-corrected chi connectivity index (χ1v) is 7.60. The van der Waals surface area contributed by atoms with Gasteiger partial charge in [-0.2, -0.15) is 5.10 Å². The van der Waals surface area contributed by atoms with Crippen LogP contribution in [-0.4, -0.2) is 31.4 Å². The van der Waals surface area contributed by atoms with Crippen LogP contribution in [-0.2, 0) is 11.8 Å². The van der Waals surface area contributed by atoms with Gasteiger partial charge < -0.3 is 5.32 Å². The van der Waals surface area contributed by atoms with Gasteiger partial charge in [0.05, 0.1) is 11.4 Å². The van der Waals surface area contributed by atoms with Crippen molar-refractivity contribution in [2.24, 2.45) is 7.05 Å². The Balaban J connectivity index is 1.99. The molecule has 2 aromatic heterocycles. The Morgan fingerprint density at radius 3 is 2.38 bits per heavy atom. The molecule has 0 bridgehead atoms. The van der Waals surface area contributed by atoms with E-state index in [0.717, 1.165) is 28.5 Å². The third kappa shape index (κ3) is 3.81. The van der Waals surface area contributed by atoms with Crippen molar-refractivity contribution in [2.75, 3.05) is 11.1 Å². The van der Waals surface area contributed by atoms with E-state index in [4.69, 9.17) is 0 Å². The van der Waals surface area contributed by atoms with Gasteiger partial charge >= 0.3 is 0 Å². The quantitative estimate of drug-likeness (QED) is 0.692. The third-order valence-corrected chi connectivity index (χ3v) is 3.92. The highest BCUT2D eigenvalue weighted by atomic mass is 32.2. The standard InChI is InChI=1S/C14H19N5OS/c1-8-6-9(2)16-14(15-8)21-7-12(20)17-13-10(3)11(4)18-19(13)5/h6H,7H2,1-5H3,(H,17,20). The molecule has 0 saturated carbocycles. The van der Waals surface area contributed by atoms with Gasteiger partial charge in [0, 0.05) is 24.0 Å². The monoisotopic (exact) mass is 305 g/mol. The van der Waals surface area contributed by atoms with Crippen molar-refractivity contribution in [3.63, 3.8) is 0 Å². The molecule has 0 aromatic carbocycles. The molecule has 0 spiro atoms. The fraction of sp³-hybridized carbons (Fsp3) is 0.429. The molecule has 7 heteroatoms. The van der Waals surface area contributed by atoms with Crippen LogP contribution in [0.1, 0.15) is 22.6 Å². The van der Waals surface area contributed by atoms with Crippen LogP contribution in [0.25, 0.3) is 0 Å². The second kappa shape index (κ2) is 6.26. The molecule has 2 heterocycles. The molecule has 6 nitrogen and oxygen atoms in total. The van der Waals surface area contributed by atoms with Crippen molar-refractivity contribution < 1.29 is 4.79 Å². The molecule has 1 amide bonds. The van der Waals surface area contributed by atoms with Gasteiger partial charge in [-0.1, -0.05) is 11.8 Å². The molecule has 1 N–H and O–H groups in total. The molecule has 0 atom stereocenters. The lowest BCUT2D eigenvalue weighted by molar-refractivity contribution is -0.113. The summed E-state index contributed by atoms with van der Waals surface area (Å²) in [5.41, 5.74) is 3.71. The number of nitrogens with one attached hydrogen (secondary N) is 1. The second-order valence-electron chi connectivity index (χ2n) is 4.95. The maximum atomic E-state index is 12.0. The van der Waals surface area contributed by atoms with Crippen LogP contribution in [0.15, 0.2) is 11.2 Å². The SMILES string of the molecule is Cc1cc(C)nc(SCC(=O)Nc2c(C)c(C)nn2C)n1. The minimum Gasteiger partial charge on any atom is -0.310 e. The Morgan fingerprint density at radius 2 is 1.86 bits per heavy atom. The number of carbonyl (C=O) groups is 1. The third-order valence-electron chi connectivity index (χ3n) is 3.07. The van der Waals surface area contributed by atoms with Gasteiger partial charge in [-0.25, -0.2) is 9.97 Å². The minimum atomic E-state index is -0.0890. The fourth-order valence-electron chi connectivity index (χ4n) is 2.00. The summed E-state index contributed by atoms with van der Waals surface area (Å²) in [4.78, 5) is 20.7. The zero-order chi connectivity index (χ0) is 15.6. The highest BCUT2D eigenvalue weighted by Crippen LogP contribution is 2.18. The minimum absolute atomic E-state index is 0.0890. The number of hydrogen-bond acceptors (Lipinski definition) is 5. The van der Waals surface area contributed by atoms with Crippen molar-refractivity contribution in [2.45, 2.75) is 32.9 Å². The van der Waals surface area contributed by atoms with E-state index >= 15 is 0 Å². The van der Waals surface area contributed by atoms with Crippen molar-refractivity contribution in [3.8, 4) is 0 Å². The molecular formula is C14H19N5OS. The Bertz CT molecular complexity index is 660. The van der Waals surface area contributed by atoms with E-state index in [1.807, 2.05) is 40.8 Å². The molecule has 0 aliphatic rings. The summed E-state index contributed by atoms with van der Waals surface area (Å²) < 4.78 is 1.68. The summed E-state index contributed by atoms with van der Waals surface area (Å²) >= 11 is 1.33. The first kappa shape index (κ1) is 15.5. The Kier molecular flexibility index (Phi) is 4.62. The van der Waals surface area contributed by atoms with Crippen LogP contribution in [0.2, 0.25) is 0 Å². The normalized spacial score (nSPS) is 10.7. The summed E-state index contributed by atoms with van der Waals surface area (Å²) in [6, 6.07) is 1.91. The van der Waals surface area contributed by atoms with E-state index in [0.29, 0.717) is 5.16 Å². The Morgan fingerprint density at radius 1 is 1.24 bits per heavy atom. The number of thioether (sulfide) groups is 1. The van der Waals surface area contributed by atoms with E-state index in [9.17, 15) is 4.79 Å². The molecule has 2 rings (SSSR count). The van der Waals surface area contributed by atoms with Crippen molar-refractivity contribution in [1.29, 1.82) is 0 Å². The van der Waals surface area contributed by atoms with Gasteiger partial charge in [0.15, 0.2) is 5.16 Å². The predicted molar refractivity (Wildman–Crippen MR) is 83.5 cm³/mol. The van der Waals surface area contributed by atoms with E-state index < -0.39 is 0 Å². The summed E-state index contributed by atoms with van der Waals surface area (Å²) in [7, 11) is 1.82. The molecule has 112 valence electrons. The highest BCUT2D eigenvalue weighted by Gasteiger charge is 2.13. The van der Waals surface area contributed by atoms with Crippen LogP contribution in [0, 0.1) is 27.7 Å². The molecular weight excluding hydrogens is 286 g/mol. The van der Waals surface area contributed by atoms with Crippen molar-refractivity contribution in [3.05, 3.63) is 28.7 Å². The molecule has 2 aromatic rings. The molecule has 0 fully saturated rings.